The third-order valence-corrected chi connectivity index (χ3v) is 5.33. The number of aromatic nitrogens is 2. The van der Waals surface area contributed by atoms with E-state index in [1.807, 2.05) is 42.6 Å². The number of hydrogen-bond donors (Lipinski definition) is 2. The van der Waals surface area contributed by atoms with Gasteiger partial charge < -0.3 is 9.97 Å². The van der Waals surface area contributed by atoms with Crippen LogP contribution in [-0.4, -0.2) is 34.8 Å². The topological polar surface area (TPSA) is 118 Å². The second-order valence-electron chi connectivity index (χ2n) is 6.35. The van der Waals surface area contributed by atoms with E-state index in [1.165, 1.54) is 6.08 Å². The number of nitrogens with zero attached hydrogens (tertiary/aromatic N) is 2. The van der Waals surface area contributed by atoms with Gasteiger partial charge in [-0.3, -0.25) is 20.2 Å². The fraction of sp³-hybridized carbons (Fsp3) is 0.143. The van der Waals surface area contributed by atoms with Crippen LogP contribution in [0.5, 0.6) is 0 Å². The number of nitro groups is 2. The van der Waals surface area contributed by atoms with Crippen molar-refractivity contribution in [1.29, 1.82) is 0 Å². The lowest BCUT2D eigenvalue weighted by Gasteiger charge is -1.96. The largest absolute Gasteiger partial charge is 0.361 e. The molecule has 2 aromatic carbocycles. The summed E-state index contributed by atoms with van der Waals surface area (Å²) in [5.74, 6) is 0. The minimum absolute atomic E-state index is 0. The maximum atomic E-state index is 10.3. The Morgan fingerprint density at radius 1 is 0.906 bits per heavy atom. The second-order valence-corrected chi connectivity index (χ2v) is 8.18. The monoisotopic (exact) mass is 561 g/mol. The van der Waals surface area contributed by atoms with Crippen molar-refractivity contribution in [3.05, 3.63) is 95.3 Å². The summed E-state index contributed by atoms with van der Waals surface area (Å²) in [6, 6.07) is 11.6. The molecule has 4 rings (SSSR count). The fourth-order valence-corrected chi connectivity index (χ4v) is 3.68. The molecular formula is C21H20BBr2N4O4. The zero-order valence-electron chi connectivity index (χ0n) is 16.0. The maximum Gasteiger partial charge on any atom is 0.235 e. The minimum Gasteiger partial charge on any atom is -0.361 e. The number of aromatic amines is 2. The van der Waals surface area contributed by atoms with Crippen molar-refractivity contribution in [2.75, 3.05) is 6.54 Å². The molecule has 32 heavy (non-hydrogen) atoms. The summed E-state index contributed by atoms with van der Waals surface area (Å²) in [6.07, 6.45) is 6.45. The molecule has 0 aliphatic rings. The van der Waals surface area contributed by atoms with Crippen LogP contribution in [-0.2, 0) is 6.42 Å². The van der Waals surface area contributed by atoms with Crippen LogP contribution < -0.4 is 0 Å². The molecule has 165 valence electrons. The van der Waals surface area contributed by atoms with E-state index in [0.717, 1.165) is 48.1 Å². The van der Waals surface area contributed by atoms with Gasteiger partial charge in [0.25, 0.3) is 0 Å². The number of hydrogen-bond acceptors (Lipinski definition) is 4. The lowest BCUT2D eigenvalue weighted by molar-refractivity contribution is -0.479. The molecule has 0 spiro atoms. The number of benzene rings is 2. The zero-order chi connectivity index (χ0) is 21.7. The van der Waals surface area contributed by atoms with Crippen molar-refractivity contribution in [3.63, 3.8) is 0 Å². The number of fused-ring (bicyclic) bond motifs is 2. The van der Waals surface area contributed by atoms with Gasteiger partial charge in [-0.05, 0) is 42.0 Å². The van der Waals surface area contributed by atoms with Crippen LogP contribution in [0.15, 0.2) is 63.9 Å². The van der Waals surface area contributed by atoms with E-state index < -0.39 is 4.92 Å². The third-order valence-electron chi connectivity index (χ3n) is 4.34. The molecule has 0 saturated carbocycles. The van der Waals surface area contributed by atoms with E-state index in [2.05, 4.69) is 41.8 Å². The smallest absolute Gasteiger partial charge is 0.235 e. The van der Waals surface area contributed by atoms with Gasteiger partial charge in [-0.25, -0.2) is 0 Å². The highest BCUT2D eigenvalue weighted by Gasteiger charge is 2.07. The van der Waals surface area contributed by atoms with Crippen molar-refractivity contribution in [1.82, 2.24) is 9.97 Å². The standard InChI is InChI=1S/C10H9BrN2O2.C10H7BrN2O2.CH4.B/c2*11-8-1-2-10-9(5-8)7(6-12-10)3-4-13(14)15;;/h1-2,5-6,12H,3-4H2;1-6,12H;1H4;/b;4-3-;;. The predicted molar refractivity (Wildman–Crippen MR) is 136 cm³/mol. The van der Waals surface area contributed by atoms with Crippen molar-refractivity contribution in [3.8, 4) is 0 Å². The quantitative estimate of drug-likeness (QED) is 0.171. The van der Waals surface area contributed by atoms with Crippen LogP contribution in [0.25, 0.3) is 27.9 Å². The van der Waals surface area contributed by atoms with Crippen LogP contribution in [0.1, 0.15) is 18.6 Å². The zero-order valence-corrected chi connectivity index (χ0v) is 19.2. The molecule has 0 aliphatic carbocycles. The van der Waals surface area contributed by atoms with Gasteiger partial charge in [0.2, 0.25) is 12.7 Å². The van der Waals surface area contributed by atoms with Crippen molar-refractivity contribution >= 4 is 68.2 Å². The Labute approximate surface area is 203 Å². The van der Waals surface area contributed by atoms with Gasteiger partial charge in [0.15, 0.2) is 0 Å². The van der Waals surface area contributed by atoms with Crippen LogP contribution >= 0.6 is 31.9 Å². The Balaban J connectivity index is 0.000000301. The van der Waals surface area contributed by atoms with Gasteiger partial charge >= 0.3 is 0 Å². The molecule has 2 heterocycles. The summed E-state index contributed by atoms with van der Waals surface area (Å²) >= 11 is 6.74. The molecule has 0 unspecified atom stereocenters. The maximum absolute atomic E-state index is 10.3. The molecule has 8 nitrogen and oxygen atoms in total. The molecule has 0 saturated heterocycles. The average molecular weight is 563 g/mol. The molecule has 2 N–H and O–H groups in total. The van der Waals surface area contributed by atoms with E-state index in [1.54, 1.807) is 6.20 Å². The summed E-state index contributed by atoms with van der Waals surface area (Å²) < 4.78 is 1.93. The van der Waals surface area contributed by atoms with Crippen LogP contribution in [0.4, 0.5) is 0 Å². The normalized spacial score (nSPS) is 10.3. The van der Waals surface area contributed by atoms with Crippen molar-refractivity contribution in [2.24, 2.45) is 0 Å². The molecular weight excluding hydrogens is 543 g/mol. The Morgan fingerprint density at radius 2 is 1.47 bits per heavy atom. The summed E-state index contributed by atoms with van der Waals surface area (Å²) in [7, 11) is 0. The van der Waals surface area contributed by atoms with Crippen LogP contribution in [0.3, 0.4) is 0 Å². The summed E-state index contributed by atoms with van der Waals surface area (Å²) in [4.78, 5) is 25.9. The van der Waals surface area contributed by atoms with Gasteiger partial charge in [0.05, 0.1) is 4.92 Å². The van der Waals surface area contributed by atoms with Crippen LogP contribution in [0, 0.1) is 20.2 Å². The molecule has 0 amide bonds. The van der Waals surface area contributed by atoms with Gasteiger partial charge in [0, 0.05) is 74.5 Å². The van der Waals surface area contributed by atoms with Gasteiger partial charge in [-0.1, -0.05) is 39.3 Å². The Bertz CT molecular complexity index is 1250. The third kappa shape index (κ3) is 7.06. The first-order valence-corrected chi connectivity index (χ1v) is 10.4. The number of H-pyrrole nitrogens is 2. The first-order chi connectivity index (χ1) is 14.3. The number of nitrogens with one attached hydrogen (secondary N) is 2. The molecule has 0 atom stereocenters. The van der Waals surface area contributed by atoms with E-state index >= 15 is 0 Å². The van der Waals surface area contributed by atoms with Gasteiger partial charge in [-0.2, -0.15) is 0 Å². The molecule has 3 radical (unpaired) electrons. The van der Waals surface area contributed by atoms with E-state index in [0.29, 0.717) is 6.42 Å². The lowest BCUT2D eigenvalue weighted by Crippen LogP contribution is -2.03. The number of rotatable bonds is 5. The molecule has 11 heteroatoms. The Morgan fingerprint density at radius 3 is 2.06 bits per heavy atom. The Kier molecular flexibility index (Phi) is 10.3. The molecule has 0 fully saturated rings. The Hall–Kier alpha value is -2.92. The summed E-state index contributed by atoms with van der Waals surface area (Å²) in [5.41, 5.74) is 3.77. The first-order valence-electron chi connectivity index (χ1n) is 8.79. The fourth-order valence-electron chi connectivity index (χ4n) is 2.96. The second kappa shape index (κ2) is 12.2. The van der Waals surface area contributed by atoms with Crippen molar-refractivity contribution < 1.29 is 9.85 Å². The molecule has 2 aromatic heterocycles. The lowest BCUT2D eigenvalue weighted by atomic mass is 10.1. The van der Waals surface area contributed by atoms with Gasteiger partial charge in [0.1, 0.15) is 0 Å². The van der Waals surface area contributed by atoms with E-state index in [-0.39, 0.29) is 27.3 Å². The summed E-state index contributed by atoms with van der Waals surface area (Å²) in [5, 5.41) is 22.5. The SMILES string of the molecule is C.O=[N+]([O-])/C=C\c1c[nH]c2ccc(Br)cc12.O=[N+]([O-])CCc1c[nH]c2ccc(Br)cc12.[B]. The highest BCUT2D eigenvalue weighted by molar-refractivity contribution is 9.10. The highest BCUT2D eigenvalue weighted by Crippen LogP contribution is 2.24. The average Bonchev–Trinajstić information content (AvgIpc) is 3.28. The van der Waals surface area contributed by atoms with Crippen LogP contribution in [0.2, 0.25) is 0 Å². The first kappa shape index (κ1) is 27.1. The van der Waals surface area contributed by atoms with E-state index in [9.17, 15) is 20.2 Å². The molecule has 4 aromatic rings. The molecule has 0 aliphatic heterocycles. The highest BCUT2D eigenvalue weighted by atomic mass is 79.9. The molecule has 0 bridgehead atoms. The number of halogens is 2. The van der Waals surface area contributed by atoms with E-state index in [4.69, 9.17) is 0 Å². The summed E-state index contributed by atoms with van der Waals surface area (Å²) in [6.45, 7) is -0.0283. The van der Waals surface area contributed by atoms with Gasteiger partial charge in [-0.15, -0.1) is 0 Å². The minimum atomic E-state index is -0.475. The predicted octanol–water partition coefficient (Wildman–Crippen LogP) is 6.18. The van der Waals surface area contributed by atoms with Crippen molar-refractivity contribution in [2.45, 2.75) is 13.8 Å².